The summed E-state index contributed by atoms with van der Waals surface area (Å²) in [6.07, 6.45) is 2.44. The van der Waals surface area contributed by atoms with Crippen LogP contribution in [0.25, 0.3) is 0 Å². The minimum absolute atomic E-state index is 0.163. The van der Waals surface area contributed by atoms with Crippen molar-refractivity contribution in [2.45, 2.75) is 25.3 Å². The van der Waals surface area contributed by atoms with Gasteiger partial charge in [0.1, 0.15) is 0 Å². The quantitative estimate of drug-likeness (QED) is 0.610. The van der Waals surface area contributed by atoms with Gasteiger partial charge in [0.15, 0.2) is 0 Å². The molecule has 1 aliphatic rings. The highest BCUT2D eigenvalue weighted by molar-refractivity contribution is 5.00. The van der Waals surface area contributed by atoms with Gasteiger partial charge in [0, 0.05) is 7.11 Å². The zero-order valence-electron chi connectivity index (χ0n) is 7.97. The number of likely N-dealkylation sites (N-methyl/N-ethyl adjacent to an activating group) is 1. The van der Waals surface area contributed by atoms with Gasteiger partial charge in [-0.15, -0.1) is 0 Å². The number of hydrogen-bond donors (Lipinski definition) is 2. The molecule has 0 radical (unpaired) electrons. The fraction of sp³-hybridized carbons (Fsp3) is 1.00. The van der Waals surface area contributed by atoms with Gasteiger partial charge in [0.2, 0.25) is 0 Å². The first kappa shape index (κ1) is 9.96. The summed E-state index contributed by atoms with van der Waals surface area (Å²) < 4.78 is 5.13. The first-order valence-corrected chi connectivity index (χ1v) is 4.64. The lowest BCUT2D eigenvalue weighted by atomic mass is 9.95. The third-order valence-corrected chi connectivity index (χ3v) is 2.57. The molecule has 0 aromatic heterocycles. The van der Waals surface area contributed by atoms with E-state index in [9.17, 15) is 5.11 Å². The maximum absolute atomic E-state index is 9.31. The van der Waals surface area contributed by atoms with E-state index in [0.717, 1.165) is 6.54 Å². The summed E-state index contributed by atoms with van der Waals surface area (Å²) >= 11 is 0. The van der Waals surface area contributed by atoms with Gasteiger partial charge in [-0.1, -0.05) is 6.92 Å². The summed E-state index contributed by atoms with van der Waals surface area (Å²) in [5.41, 5.74) is -0.163. The molecule has 0 bridgehead atoms. The van der Waals surface area contributed by atoms with Crippen LogP contribution in [0.3, 0.4) is 0 Å². The Labute approximate surface area is 74.1 Å². The zero-order valence-corrected chi connectivity index (χ0v) is 7.97. The molecule has 3 heteroatoms. The Balaban J connectivity index is 2.51. The van der Waals surface area contributed by atoms with Crippen LogP contribution in [0.5, 0.6) is 0 Å². The molecule has 1 fully saturated rings. The van der Waals surface area contributed by atoms with E-state index in [4.69, 9.17) is 4.74 Å². The Hall–Kier alpha value is -0.120. The smallest absolute Gasteiger partial charge is 0.0679 e. The van der Waals surface area contributed by atoms with Gasteiger partial charge in [0.05, 0.1) is 18.8 Å². The van der Waals surface area contributed by atoms with Crippen molar-refractivity contribution in [2.75, 3.05) is 26.9 Å². The van der Waals surface area contributed by atoms with E-state index in [2.05, 4.69) is 12.2 Å². The number of rotatable bonds is 6. The molecule has 0 spiro atoms. The average molecular weight is 173 g/mol. The van der Waals surface area contributed by atoms with Crippen LogP contribution in [0.4, 0.5) is 0 Å². The molecule has 12 heavy (non-hydrogen) atoms. The van der Waals surface area contributed by atoms with Crippen LogP contribution < -0.4 is 5.32 Å². The van der Waals surface area contributed by atoms with Crippen molar-refractivity contribution in [1.82, 2.24) is 5.32 Å². The highest BCUT2D eigenvalue weighted by Crippen LogP contribution is 2.39. The Morgan fingerprint density at radius 1 is 1.58 bits per heavy atom. The number of aliphatic hydroxyl groups is 1. The van der Waals surface area contributed by atoms with E-state index in [1.54, 1.807) is 7.11 Å². The topological polar surface area (TPSA) is 41.5 Å². The van der Waals surface area contributed by atoms with Gasteiger partial charge < -0.3 is 15.2 Å². The van der Waals surface area contributed by atoms with Crippen molar-refractivity contribution in [3.05, 3.63) is 0 Å². The first-order valence-electron chi connectivity index (χ1n) is 4.64. The predicted molar refractivity (Wildman–Crippen MR) is 48.1 cm³/mol. The maximum Gasteiger partial charge on any atom is 0.0679 e. The monoisotopic (exact) mass is 173 g/mol. The standard InChI is InChI=1S/C9H19NO2/c1-3-10-9(6-11,7-12-2)8-4-5-8/h8,10-11H,3-7H2,1-2H3. The lowest BCUT2D eigenvalue weighted by molar-refractivity contribution is 0.0494. The summed E-state index contributed by atoms with van der Waals surface area (Å²) in [4.78, 5) is 0. The normalized spacial score (nSPS) is 22.2. The van der Waals surface area contributed by atoms with Crippen molar-refractivity contribution in [3.63, 3.8) is 0 Å². The van der Waals surface area contributed by atoms with E-state index in [0.29, 0.717) is 12.5 Å². The lowest BCUT2D eigenvalue weighted by Gasteiger charge is -2.32. The van der Waals surface area contributed by atoms with Crippen LogP contribution in [0, 0.1) is 5.92 Å². The number of aliphatic hydroxyl groups excluding tert-OH is 1. The summed E-state index contributed by atoms with van der Waals surface area (Å²) in [5.74, 6) is 0.613. The van der Waals surface area contributed by atoms with Crippen LogP contribution in [0.2, 0.25) is 0 Å². The van der Waals surface area contributed by atoms with Gasteiger partial charge in [-0.25, -0.2) is 0 Å². The highest BCUT2D eigenvalue weighted by atomic mass is 16.5. The molecule has 0 amide bonds. The largest absolute Gasteiger partial charge is 0.394 e. The fourth-order valence-electron chi connectivity index (χ4n) is 1.79. The second kappa shape index (κ2) is 4.21. The van der Waals surface area contributed by atoms with E-state index in [-0.39, 0.29) is 12.1 Å². The molecule has 2 N–H and O–H groups in total. The Bertz CT molecular complexity index is 128. The van der Waals surface area contributed by atoms with Gasteiger partial charge in [0.25, 0.3) is 0 Å². The molecule has 72 valence electrons. The zero-order chi connectivity index (χ0) is 9.03. The number of hydrogen-bond acceptors (Lipinski definition) is 3. The molecule has 1 aliphatic carbocycles. The second-order valence-electron chi connectivity index (χ2n) is 3.55. The van der Waals surface area contributed by atoms with E-state index < -0.39 is 0 Å². The molecule has 0 aromatic carbocycles. The summed E-state index contributed by atoms with van der Waals surface area (Å²) in [7, 11) is 1.68. The van der Waals surface area contributed by atoms with Crippen molar-refractivity contribution in [1.29, 1.82) is 0 Å². The number of ether oxygens (including phenoxy) is 1. The van der Waals surface area contributed by atoms with E-state index >= 15 is 0 Å². The average Bonchev–Trinajstić information content (AvgIpc) is 2.86. The Morgan fingerprint density at radius 3 is 2.58 bits per heavy atom. The minimum atomic E-state index is -0.163. The molecule has 0 aromatic rings. The minimum Gasteiger partial charge on any atom is -0.394 e. The molecular formula is C9H19NO2. The number of nitrogens with one attached hydrogen (secondary N) is 1. The molecule has 1 saturated carbocycles. The van der Waals surface area contributed by atoms with Crippen LogP contribution in [0.1, 0.15) is 19.8 Å². The third-order valence-electron chi connectivity index (χ3n) is 2.57. The molecule has 0 heterocycles. The molecule has 3 nitrogen and oxygen atoms in total. The molecular weight excluding hydrogens is 154 g/mol. The van der Waals surface area contributed by atoms with Gasteiger partial charge >= 0.3 is 0 Å². The van der Waals surface area contributed by atoms with E-state index in [1.165, 1.54) is 12.8 Å². The molecule has 1 atom stereocenters. The molecule has 1 rings (SSSR count). The van der Waals surface area contributed by atoms with Crippen molar-refractivity contribution >= 4 is 0 Å². The molecule has 0 saturated heterocycles. The summed E-state index contributed by atoms with van der Waals surface area (Å²) in [6.45, 7) is 3.74. The summed E-state index contributed by atoms with van der Waals surface area (Å²) in [5, 5.41) is 12.6. The second-order valence-corrected chi connectivity index (χ2v) is 3.55. The van der Waals surface area contributed by atoms with Crippen LogP contribution >= 0.6 is 0 Å². The Morgan fingerprint density at radius 2 is 2.25 bits per heavy atom. The molecule has 0 aliphatic heterocycles. The fourth-order valence-corrected chi connectivity index (χ4v) is 1.79. The highest BCUT2D eigenvalue weighted by Gasteiger charge is 2.44. The van der Waals surface area contributed by atoms with Gasteiger partial charge in [-0.2, -0.15) is 0 Å². The van der Waals surface area contributed by atoms with Crippen LogP contribution in [0.15, 0.2) is 0 Å². The van der Waals surface area contributed by atoms with Crippen molar-refractivity contribution in [3.8, 4) is 0 Å². The Kier molecular flexibility index (Phi) is 3.50. The number of methoxy groups -OCH3 is 1. The maximum atomic E-state index is 9.31. The van der Waals surface area contributed by atoms with Crippen molar-refractivity contribution in [2.24, 2.45) is 5.92 Å². The van der Waals surface area contributed by atoms with Crippen LogP contribution in [-0.4, -0.2) is 37.5 Å². The van der Waals surface area contributed by atoms with Gasteiger partial charge in [-0.3, -0.25) is 0 Å². The van der Waals surface area contributed by atoms with E-state index in [1.807, 2.05) is 0 Å². The predicted octanol–water partition coefficient (Wildman–Crippen LogP) is 0.383. The SMILES string of the molecule is CCNC(CO)(COC)C1CC1. The lowest BCUT2D eigenvalue weighted by Crippen LogP contribution is -2.54. The van der Waals surface area contributed by atoms with Crippen LogP contribution in [-0.2, 0) is 4.74 Å². The first-order chi connectivity index (χ1) is 5.79. The molecule has 1 unspecified atom stereocenters. The van der Waals surface area contributed by atoms with Crippen molar-refractivity contribution < 1.29 is 9.84 Å². The van der Waals surface area contributed by atoms with Gasteiger partial charge in [-0.05, 0) is 25.3 Å². The summed E-state index contributed by atoms with van der Waals surface area (Å²) in [6, 6.07) is 0. The third kappa shape index (κ3) is 1.97.